The van der Waals surface area contributed by atoms with Crippen LogP contribution in [0.4, 0.5) is 0 Å². The average Bonchev–Trinajstić information content (AvgIpc) is 3.36. The number of ether oxygens (including phenoxy) is 2. The third-order valence-electron chi connectivity index (χ3n) is 5.82. The van der Waals surface area contributed by atoms with Gasteiger partial charge in [-0.05, 0) is 61.3 Å². The predicted molar refractivity (Wildman–Crippen MR) is 125 cm³/mol. The molecule has 0 aliphatic carbocycles. The van der Waals surface area contributed by atoms with Crippen LogP contribution in [0.1, 0.15) is 47.2 Å². The number of esters is 1. The fourth-order valence-electron chi connectivity index (χ4n) is 3.90. The summed E-state index contributed by atoms with van der Waals surface area (Å²) in [5.41, 5.74) is 2.66. The summed E-state index contributed by atoms with van der Waals surface area (Å²) in [5.74, 6) is 1.68. The molecule has 1 aliphatic rings. The van der Waals surface area contributed by atoms with Gasteiger partial charge in [0.05, 0.1) is 18.7 Å². The topological polar surface area (TPSA) is 101 Å². The molecule has 0 N–H and O–H groups in total. The minimum atomic E-state index is -0.400. The van der Waals surface area contributed by atoms with E-state index in [0.29, 0.717) is 11.6 Å². The van der Waals surface area contributed by atoms with Crippen molar-refractivity contribution in [3.05, 3.63) is 83.0 Å². The molecule has 0 radical (unpaired) electrons. The van der Waals surface area contributed by atoms with E-state index in [-0.39, 0.29) is 12.5 Å². The van der Waals surface area contributed by atoms with Gasteiger partial charge in [0.15, 0.2) is 12.4 Å². The molecule has 1 aliphatic heterocycles. The molecule has 174 valence electrons. The van der Waals surface area contributed by atoms with Gasteiger partial charge >= 0.3 is 5.97 Å². The third-order valence-corrected chi connectivity index (χ3v) is 5.82. The van der Waals surface area contributed by atoms with Crippen LogP contribution < -0.4 is 4.74 Å². The summed E-state index contributed by atoms with van der Waals surface area (Å²) in [6.45, 7) is 2.80. The molecule has 34 heavy (non-hydrogen) atoms. The Hall–Kier alpha value is -3.96. The molecular formula is C26H26N4O4. The zero-order valence-electron chi connectivity index (χ0n) is 19.0. The van der Waals surface area contributed by atoms with E-state index >= 15 is 0 Å². The molecule has 8 nitrogen and oxygen atoms in total. The zero-order chi connectivity index (χ0) is 23.8. The molecule has 0 amide bonds. The Balaban J connectivity index is 1.25. The SMILES string of the molecule is COC(=O)C=Cc1ccc(OCc2nc(C3CCN(Cc4ccccc4C#N)CC3)no2)cc1. The van der Waals surface area contributed by atoms with E-state index < -0.39 is 5.97 Å². The van der Waals surface area contributed by atoms with E-state index in [4.69, 9.17) is 9.26 Å². The van der Waals surface area contributed by atoms with E-state index in [1.165, 1.54) is 13.2 Å². The summed E-state index contributed by atoms with van der Waals surface area (Å²) in [4.78, 5) is 18.1. The summed E-state index contributed by atoms with van der Waals surface area (Å²) in [6.07, 6.45) is 4.92. The minimum Gasteiger partial charge on any atom is -0.484 e. The molecule has 2 heterocycles. The van der Waals surface area contributed by atoms with Crippen molar-refractivity contribution >= 4 is 12.0 Å². The average molecular weight is 459 g/mol. The second-order valence-corrected chi connectivity index (χ2v) is 8.08. The van der Waals surface area contributed by atoms with Crippen molar-refractivity contribution in [3.8, 4) is 11.8 Å². The quantitative estimate of drug-likeness (QED) is 0.368. The normalized spacial score (nSPS) is 14.7. The van der Waals surface area contributed by atoms with E-state index in [9.17, 15) is 10.1 Å². The highest BCUT2D eigenvalue weighted by Gasteiger charge is 2.25. The van der Waals surface area contributed by atoms with Crippen molar-refractivity contribution in [1.29, 1.82) is 5.26 Å². The first kappa shape index (κ1) is 23.2. The molecule has 1 fully saturated rings. The van der Waals surface area contributed by atoms with Gasteiger partial charge in [0.1, 0.15) is 5.75 Å². The molecule has 1 aromatic heterocycles. The fraction of sp³-hybridized carbons (Fsp3) is 0.308. The highest BCUT2D eigenvalue weighted by molar-refractivity contribution is 5.86. The molecule has 0 saturated carbocycles. The summed E-state index contributed by atoms with van der Waals surface area (Å²) < 4.78 is 15.7. The molecule has 3 aromatic rings. The van der Waals surface area contributed by atoms with E-state index in [2.05, 4.69) is 25.8 Å². The number of aromatic nitrogens is 2. The number of methoxy groups -OCH3 is 1. The lowest BCUT2D eigenvalue weighted by Crippen LogP contribution is -2.33. The lowest BCUT2D eigenvalue weighted by molar-refractivity contribution is -0.134. The molecule has 2 aromatic carbocycles. The smallest absolute Gasteiger partial charge is 0.330 e. The van der Waals surface area contributed by atoms with Gasteiger partial charge in [0, 0.05) is 18.5 Å². The summed E-state index contributed by atoms with van der Waals surface area (Å²) in [5, 5.41) is 13.5. The van der Waals surface area contributed by atoms with Crippen molar-refractivity contribution in [3.63, 3.8) is 0 Å². The van der Waals surface area contributed by atoms with Gasteiger partial charge in [-0.15, -0.1) is 0 Å². The molecule has 0 atom stereocenters. The van der Waals surface area contributed by atoms with E-state index in [1.54, 1.807) is 6.08 Å². The number of benzene rings is 2. The standard InChI is InChI=1S/C26H26N4O4/c1-32-25(31)11-8-19-6-9-23(10-7-19)33-18-24-28-26(29-34-24)20-12-14-30(15-13-20)17-22-5-3-2-4-21(22)16-27/h2-11,20H,12-15,17-18H2,1H3. The first-order valence-electron chi connectivity index (χ1n) is 11.2. The minimum absolute atomic E-state index is 0.189. The number of hydrogen-bond donors (Lipinski definition) is 0. The monoisotopic (exact) mass is 458 g/mol. The Kier molecular flexibility index (Phi) is 7.68. The van der Waals surface area contributed by atoms with Crippen LogP contribution in [0.15, 0.2) is 59.1 Å². The third kappa shape index (κ3) is 6.09. The number of rotatable bonds is 8. The molecule has 0 spiro atoms. The number of hydrogen-bond acceptors (Lipinski definition) is 8. The molecule has 1 saturated heterocycles. The summed E-state index contributed by atoms with van der Waals surface area (Å²) >= 11 is 0. The molecule has 8 heteroatoms. The summed E-state index contributed by atoms with van der Waals surface area (Å²) in [7, 11) is 1.34. The Labute approximate surface area is 198 Å². The number of carbonyl (C=O) groups is 1. The van der Waals surface area contributed by atoms with Crippen LogP contribution >= 0.6 is 0 Å². The van der Waals surface area contributed by atoms with E-state index in [0.717, 1.165) is 55.0 Å². The largest absolute Gasteiger partial charge is 0.484 e. The second-order valence-electron chi connectivity index (χ2n) is 8.08. The van der Waals surface area contributed by atoms with Crippen LogP contribution in [0.3, 0.4) is 0 Å². The van der Waals surface area contributed by atoms with Gasteiger partial charge in [-0.1, -0.05) is 35.5 Å². The van der Waals surface area contributed by atoms with Gasteiger partial charge in [-0.3, -0.25) is 4.90 Å². The van der Waals surface area contributed by atoms with Crippen LogP contribution in [-0.4, -0.2) is 41.2 Å². The highest BCUT2D eigenvalue weighted by atomic mass is 16.5. The Morgan fingerprint density at radius 1 is 1.21 bits per heavy atom. The Bertz CT molecular complexity index is 1170. The molecular weight excluding hydrogens is 432 g/mol. The van der Waals surface area contributed by atoms with Crippen molar-refractivity contribution in [1.82, 2.24) is 15.0 Å². The molecule has 4 rings (SSSR count). The number of carbonyl (C=O) groups excluding carboxylic acids is 1. The van der Waals surface area contributed by atoms with Gasteiger partial charge in [-0.25, -0.2) is 4.79 Å². The van der Waals surface area contributed by atoms with Gasteiger partial charge in [-0.2, -0.15) is 10.2 Å². The predicted octanol–water partition coefficient (Wildman–Crippen LogP) is 4.09. The second kappa shape index (κ2) is 11.3. The lowest BCUT2D eigenvalue weighted by atomic mass is 9.95. The van der Waals surface area contributed by atoms with Crippen LogP contribution in [0.5, 0.6) is 5.75 Å². The Morgan fingerprint density at radius 2 is 1.97 bits per heavy atom. The highest BCUT2D eigenvalue weighted by Crippen LogP contribution is 2.27. The maximum Gasteiger partial charge on any atom is 0.330 e. The van der Waals surface area contributed by atoms with Crippen LogP contribution in [0, 0.1) is 11.3 Å². The maximum absolute atomic E-state index is 11.2. The van der Waals surface area contributed by atoms with Crippen LogP contribution in [-0.2, 0) is 22.7 Å². The zero-order valence-corrected chi connectivity index (χ0v) is 19.0. The van der Waals surface area contributed by atoms with Gasteiger partial charge < -0.3 is 14.0 Å². The number of likely N-dealkylation sites (tertiary alicyclic amines) is 1. The van der Waals surface area contributed by atoms with Gasteiger partial charge in [0.25, 0.3) is 5.89 Å². The number of nitrogens with zero attached hydrogens (tertiary/aromatic N) is 4. The van der Waals surface area contributed by atoms with Crippen molar-refractivity contribution in [2.24, 2.45) is 0 Å². The lowest BCUT2D eigenvalue weighted by Gasteiger charge is -2.30. The van der Waals surface area contributed by atoms with Crippen molar-refractivity contribution < 1.29 is 18.8 Å². The first-order chi connectivity index (χ1) is 16.6. The van der Waals surface area contributed by atoms with Crippen molar-refractivity contribution in [2.75, 3.05) is 20.2 Å². The van der Waals surface area contributed by atoms with Crippen LogP contribution in [0.2, 0.25) is 0 Å². The Morgan fingerprint density at radius 3 is 2.71 bits per heavy atom. The fourth-order valence-corrected chi connectivity index (χ4v) is 3.90. The molecule has 0 unspecified atom stereocenters. The van der Waals surface area contributed by atoms with Gasteiger partial charge in [0.2, 0.25) is 0 Å². The van der Waals surface area contributed by atoms with Crippen molar-refractivity contribution in [2.45, 2.75) is 31.9 Å². The summed E-state index contributed by atoms with van der Waals surface area (Å²) in [6, 6.07) is 17.3. The van der Waals surface area contributed by atoms with Crippen LogP contribution in [0.25, 0.3) is 6.08 Å². The molecule has 0 bridgehead atoms. The number of piperidine rings is 1. The van der Waals surface area contributed by atoms with E-state index in [1.807, 2.05) is 48.5 Å². The maximum atomic E-state index is 11.2. The first-order valence-corrected chi connectivity index (χ1v) is 11.2. The number of nitriles is 1.